The fourth-order valence-corrected chi connectivity index (χ4v) is 2.86. The first kappa shape index (κ1) is 16.0. The van der Waals surface area contributed by atoms with E-state index in [0.717, 1.165) is 50.2 Å². The Morgan fingerprint density at radius 3 is 2.91 bits per heavy atom. The topological polar surface area (TPSA) is 46.5 Å². The first-order valence-corrected chi connectivity index (χ1v) is 8.03. The molecule has 3 rings (SSSR count). The number of hydrogen-bond acceptors (Lipinski definition) is 3. The summed E-state index contributed by atoms with van der Waals surface area (Å²) < 4.78 is 20.4. The van der Waals surface area contributed by atoms with Crippen LogP contribution in [-0.2, 0) is 16.1 Å². The Morgan fingerprint density at radius 2 is 2.09 bits per heavy atom. The second-order valence-electron chi connectivity index (χ2n) is 5.80. The summed E-state index contributed by atoms with van der Waals surface area (Å²) >= 11 is 0. The molecule has 1 aliphatic rings. The molecular weight excluding hydrogens is 297 g/mol. The van der Waals surface area contributed by atoms with E-state index in [2.05, 4.69) is 10.2 Å². The number of rotatable bonds is 6. The molecule has 6 heteroatoms. The van der Waals surface area contributed by atoms with Gasteiger partial charge in [-0.3, -0.25) is 9.69 Å². The van der Waals surface area contributed by atoms with Gasteiger partial charge in [0, 0.05) is 25.8 Å². The average molecular weight is 319 g/mol. The molecule has 1 aliphatic heterocycles. The van der Waals surface area contributed by atoms with Crippen LogP contribution in [0.3, 0.4) is 0 Å². The molecule has 0 unspecified atom stereocenters. The maximum atomic E-state index is 13.3. The minimum Gasteiger partial charge on any atom is -0.379 e. The molecule has 1 saturated heterocycles. The van der Waals surface area contributed by atoms with Crippen molar-refractivity contribution in [2.75, 3.05) is 39.4 Å². The number of carbonyl (C=O) groups excluding carboxylic acids is 1. The van der Waals surface area contributed by atoms with Crippen LogP contribution in [0.4, 0.5) is 4.39 Å². The van der Waals surface area contributed by atoms with Gasteiger partial charge in [-0.2, -0.15) is 0 Å². The van der Waals surface area contributed by atoms with Gasteiger partial charge in [0.25, 0.3) is 0 Å². The Balaban J connectivity index is 1.44. The van der Waals surface area contributed by atoms with Gasteiger partial charge in [0.1, 0.15) is 12.4 Å². The summed E-state index contributed by atoms with van der Waals surface area (Å²) in [7, 11) is 0. The number of benzene rings is 1. The molecule has 1 amide bonds. The maximum absolute atomic E-state index is 13.3. The van der Waals surface area contributed by atoms with E-state index in [4.69, 9.17) is 4.74 Å². The van der Waals surface area contributed by atoms with Crippen molar-refractivity contribution in [1.29, 1.82) is 0 Å². The largest absolute Gasteiger partial charge is 0.379 e. The Hall–Kier alpha value is -1.92. The number of amides is 1. The summed E-state index contributed by atoms with van der Waals surface area (Å²) in [4.78, 5) is 14.4. The lowest BCUT2D eigenvalue weighted by Gasteiger charge is -2.26. The molecule has 2 aromatic rings. The average Bonchev–Trinajstić information content (AvgIpc) is 2.95. The summed E-state index contributed by atoms with van der Waals surface area (Å²) in [5.74, 6) is -0.336. The maximum Gasteiger partial charge on any atom is 0.239 e. The van der Waals surface area contributed by atoms with Crippen LogP contribution < -0.4 is 5.32 Å². The number of aromatic nitrogens is 1. The van der Waals surface area contributed by atoms with Crippen molar-refractivity contribution in [1.82, 2.24) is 14.8 Å². The quantitative estimate of drug-likeness (QED) is 0.823. The summed E-state index contributed by atoms with van der Waals surface area (Å²) in [5, 5.41) is 3.86. The molecule has 2 heterocycles. The van der Waals surface area contributed by atoms with Crippen molar-refractivity contribution in [3.8, 4) is 0 Å². The van der Waals surface area contributed by atoms with Crippen molar-refractivity contribution in [3.63, 3.8) is 0 Å². The summed E-state index contributed by atoms with van der Waals surface area (Å²) in [6, 6.07) is 6.50. The smallest absolute Gasteiger partial charge is 0.239 e. The van der Waals surface area contributed by atoms with Gasteiger partial charge in [-0.15, -0.1) is 0 Å². The molecule has 1 aromatic carbocycles. The molecule has 0 saturated carbocycles. The van der Waals surface area contributed by atoms with E-state index < -0.39 is 0 Å². The van der Waals surface area contributed by atoms with Crippen LogP contribution in [0.1, 0.15) is 6.42 Å². The molecule has 1 N–H and O–H groups in total. The number of hydrogen-bond donors (Lipinski definition) is 1. The lowest BCUT2D eigenvalue weighted by Crippen LogP contribution is -2.38. The van der Waals surface area contributed by atoms with E-state index in [1.807, 2.05) is 12.3 Å². The Morgan fingerprint density at radius 1 is 1.26 bits per heavy atom. The number of halogens is 1. The fourth-order valence-electron chi connectivity index (χ4n) is 2.86. The number of morpholine rings is 1. The van der Waals surface area contributed by atoms with Crippen LogP contribution in [0.5, 0.6) is 0 Å². The standard InChI is InChI=1S/C17H22FN3O2/c18-15-3-2-14-4-7-21(16(14)12-15)13-17(22)19-5-1-6-20-8-10-23-11-9-20/h2-4,7,12H,1,5-6,8-11,13H2,(H,19,22). The van der Waals surface area contributed by atoms with Crippen molar-refractivity contribution < 1.29 is 13.9 Å². The van der Waals surface area contributed by atoms with Gasteiger partial charge in [0.2, 0.25) is 5.91 Å². The summed E-state index contributed by atoms with van der Waals surface area (Å²) in [5.41, 5.74) is 0.744. The molecule has 0 bridgehead atoms. The highest BCUT2D eigenvalue weighted by molar-refractivity contribution is 5.83. The Bertz CT molecular complexity index is 665. The van der Waals surface area contributed by atoms with Crippen molar-refractivity contribution in [2.45, 2.75) is 13.0 Å². The highest BCUT2D eigenvalue weighted by Crippen LogP contribution is 2.16. The summed E-state index contributed by atoms with van der Waals surface area (Å²) in [6.07, 6.45) is 2.74. The molecular formula is C17H22FN3O2. The van der Waals surface area contributed by atoms with Gasteiger partial charge in [0.15, 0.2) is 0 Å². The highest BCUT2D eigenvalue weighted by atomic mass is 19.1. The molecule has 23 heavy (non-hydrogen) atoms. The monoisotopic (exact) mass is 319 g/mol. The minimum atomic E-state index is -0.289. The number of nitrogens with zero attached hydrogens (tertiary/aromatic N) is 2. The molecule has 0 aliphatic carbocycles. The number of fused-ring (bicyclic) bond motifs is 1. The van der Waals surface area contributed by atoms with Crippen LogP contribution >= 0.6 is 0 Å². The van der Waals surface area contributed by atoms with E-state index in [-0.39, 0.29) is 18.3 Å². The molecule has 0 spiro atoms. The molecule has 0 atom stereocenters. The molecule has 5 nitrogen and oxygen atoms in total. The van der Waals surface area contributed by atoms with Crippen LogP contribution in [0.15, 0.2) is 30.5 Å². The number of carbonyl (C=O) groups is 1. The Kier molecular flexibility index (Phi) is 5.25. The zero-order valence-electron chi connectivity index (χ0n) is 13.1. The van der Waals surface area contributed by atoms with Gasteiger partial charge in [0.05, 0.1) is 18.7 Å². The highest BCUT2D eigenvalue weighted by Gasteiger charge is 2.10. The predicted molar refractivity (Wildman–Crippen MR) is 86.8 cm³/mol. The van der Waals surface area contributed by atoms with Crippen LogP contribution in [0.25, 0.3) is 10.9 Å². The van der Waals surface area contributed by atoms with E-state index in [9.17, 15) is 9.18 Å². The van der Waals surface area contributed by atoms with Gasteiger partial charge in [-0.25, -0.2) is 4.39 Å². The second kappa shape index (κ2) is 7.57. The van der Waals surface area contributed by atoms with Crippen molar-refractivity contribution in [2.24, 2.45) is 0 Å². The number of nitrogens with one attached hydrogen (secondary N) is 1. The summed E-state index contributed by atoms with van der Waals surface area (Å²) in [6.45, 7) is 5.37. The van der Waals surface area contributed by atoms with Crippen molar-refractivity contribution in [3.05, 3.63) is 36.3 Å². The fraction of sp³-hybridized carbons (Fsp3) is 0.471. The zero-order valence-corrected chi connectivity index (χ0v) is 13.1. The van der Waals surface area contributed by atoms with Gasteiger partial charge in [-0.05, 0) is 42.6 Å². The van der Waals surface area contributed by atoms with Gasteiger partial charge in [-0.1, -0.05) is 0 Å². The Labute approximate surface area is 135 Å². The van der Waals surface area contributed by atoms with Crippen LogP contribution in [0.2, 0.25) is 0 Å². The second-order valence-corrected chi connectivity index (χ2v) is 5.80. The van der Waals surface area contributed by atoms with Gasteiger partial charge < -0.3 is 14.6 Å². The minimum absolute atomic E-state index is 0.0475. The third kappa shape index (κ3) is 4.30. The van der Waals surface area contributed by atoms with E-state index >= 15 is 0 Å². The van der Waals surface area contributed by atoms with Gasteiger partial charge >= 0.3 is 0 Å². The van der Waals surface area contributed by atoms with E-state index in [1.165, 1.54) is 12.1 Å². The molecule has 124 valence electrons. The lowest BCUT2D eigenvalue weighted by atomic mass is 10.2. The van der Waals surface area contributed by atoms with E-state index in [1.54, 1.807) is 10.6 Å². The normalized spacial score (nSPS) is 15.9. The molecule has 1 fully saturated rings. The molecule has 0 radical (unpaired) electrons. The molecule has 1 aromatic heterocycles. The van der Waals surface area contributed by atoms with Crippen molar-refractivity contribution >= 4 is 16.8 Å². The van der Waals surface area contributed by atoms with E-state index in [0.29, 0.717) is 6.54 Å². The number of ether oxygens (including phenoxy) is 1. The van der Waals surface area contributed by atoms with Crippen LogP contribution in [-0.4, -0.2) is 54.8 Å². The predicted octanol–water partition coefficient (Wildman–Crippen LogP) is 1.62. The van der Waals surface area contributed by atoms with Crippen LogP contribution in [0, 0.1) is 5.82 Å². The first-order valence-electron chi connectivity index (χ1n) is 8.03. The SMILES string of the molecule is O=C(Cn1ccc2ccc(F)cc21)NCCCN1CCOCC1. The third-order valence-corrected chi connectivity index (χ3v) is 4.13. The zero-order chi connectivity index (χ0) is 16.1. The first-order chi connectivity index (χ1) is 11.2. The third-order valence-electron chi connectivity index (χ3n) is 4.13. The lowest BCUT2D eigenvalue weighted by molar-refractivity contribution is -0.121.